The number of carboxylic acid groups (broad SMARTS) is 1. The van der Waals surface area contributed by atoms with E-state index >= 15 is 0 Å². The van der Waals surface area contributed by atoms with Crippen LogP contribution in [0.3, 0.4) is 0 Å². The van der Waals surface area contributed by atoms with E-state index < -0.39 is 5.97 Å². The number of hydrogen-bond acceptors (Lipinski definition) is 3. The topological polar surface area (TPSA) is 63.6 Å². The van der Waals surface area contributed by atoms with Gasteiger partial charge < -0.3 is 9.84 Å². The van der Waals surface area contributed by atoms with Gasteiger partial charge in [-0.25, -0.2) is 0 Å². The minimum Gasteiger partial charge on any atom is -0.481 e. The van der Waals surface area contributed by atoms with Crippen LogP contribution in [0.1, 0.15) is 91.9 Å². The number of allylic oxidation sites excluding steroid dienone is 1. The molecule has 0 saturated heterocycles. The predicted octanol–water partition coefficient (Wildman–Crippen LogP) is 6.42. The highest BCUT2D eigenvalue weighted by atomic mass is 35.5. The summed E-state index contributed by atoms with van der Waals surface area (Å²) in [5.41, 5.74) is 2.19. The molecule has 0 bridgehead atoms. The van der Waals surface area contributed by atoms with Crippen molar-refractivity contribution in [2.24, 2.45) is 40.4 Å². The molecule has 0 radical (unpaired) electrons. The Balaban J connectivity index is 0.00000272. The van der Waals surface area contributed by atoms with Gasteiger partial charge in [-0.2, -0.15) is 0 Å². The van der Waals surface area contributed by atoms with E-state index in [9.17, 15) is 9.59 Å². The van der Waals surface area contributed by atoms with E-state index in [1.54, 1.807) is 5.57 Å². The van der Waals surface area contributed by atoms with E-state index in [0.29, 0.717) is 23.7 Å². The zero-order valence-electron chi connectivity index (χ0n) is 19.7. The van der Waals surface area contributed by atoms with Gasteiger partial charge in [0, 0.05) is 19.8 Å². The highest BCUT2D eigenvalue weighted by Crippen LogP contribution is 2.67. The van der Waals surface area contributed by atoms with E-state index in [4.69, 9.17) is 9.84 Å². The normalized spacial score (nSPS) is 42.2. The summed E-state index contributed by atoms with van der Waals surface area (Å²) in [6.45, 7) is 8.84. The molecule has 0 aliphatic heterocycles. The lowest BCUT2D eigenvalue weighted by atomic mass is 9.47. The average molecular weight is 453 g/mol. The Labute approximate surface area is 194 Å². The molecule has 3 saturated carbocycles. The van der Waals surface area contributed by atoms with Crippen LogP contribution in [0.5, 0.6) is 0 Å². The van der Waals surface area contributed by atoms with Crippen molar-refractivity contribution in [1.29, 1.82) is 0 Å². The molecule has 4 aliphatic carbocycles. The van der Waals surface area contributed by atoms with E-state index in [0.717, 1.165) is 43.4 Å². The minimum atomic E-state index is -0.660. The van der Waals surface area contributed by atoms with Crippen LogP contribution >= 0.6 is 12.4 Å². The zero-order chi connectivity index (χ0) is 21.7. The first-order valence-electron chi connectivity index (χ1n) is 12.2. The van der Waals surface area contributed by atoms with Crippen LogP contribution in [-0.4, -0.2) is 23.1 Å². The van der Waals surface area contributed by atoms with Gasteiger partial charge >= 0.3 is 11.9 Å². The standard InChI is InChI=1S/C26H40O4.ClH/c1-16(5-10-24(28)29)21-8-9-22-20-7-6-18-15-19(30-17(2)27)11-13-25(18,3)23(20)12-14-26(21,22)4;/h6,16,19-23H,5,7-15H2,1-4H3,(H,28,29);1H/t16-,19?,20+,21-,22+,23+,25+,26-;/m1./s1. The molecule has 4 aliphatic rings. The second-order valence-corrected chi connectivity index (χ2v) is 11.4. The third kappa shape index (κ3) is 4.30. The Morgan fingerprint density at radius 3 is 2.58 bits per heavy atom. The Hall–Kier alpha value is -1.03. The molecule has 1 N–H and O–H groups in total. The molecule has 0 amide bonds. The third-order valence-corrected chi connectivity index (χ3v) is 9.97. The Morgan fingerprint density at radius 1 is 1.16 bits per heavy atom. The van der Waals surface area contributed by atoms with Crippen LogP contribution in [0.4, 0.5) is 0 Å². The van der Waals surface area contributed by atoms with Crippen molar-refractivity contribution < 1.29 is 19.4 Å². The van der Waals surface area contributed by atoms with Gasteiger partial charge in [-0.1, -0.05) is 32.4 Å². The van der Waals surface area contributed by atoms with Gasteiger partial charge in [-0.05, 0) is 91.8 Å². The monoisotopic (exact) mass is 452 g/mol. The van der Waals surface area contributed by atoms with Crippen LogP contribution in [-0.2, 0) is 14.3 Å². The van der Waals surface area contributed by atoms with E-state index in [-0.39, 0.29) is 29.9 Å². The molecule has 8 atom stereocenters. The second kappa shape index (κ2) is 9.08. The summed E-state index contributed by atoms with van der Waals surface area (Å²) in [7, 11) is 0. The summed E-state index contributed by atoms with van der Waals surface area (Å²) in [6, 6.07) is 0. The van der Waals surface area contributed by atoms with Gasteiger partial charge in [0.05, 0.1) is 0 Å². The molecule has 0 aromatic carbocycles. The van der Waals surface area contributed by atoms with Crippen molar-refractivity contribution in [3.63, 3.8) is 0 Å². The predicted molar refractivity (Wildman–Crippen MR) is 124 cm³/mol. The molecule has 176 valence electrons. The van der Waals surface area contributed by atoms with Gasteiger partial charge in [0.2, 0.25) is 0 Å². The number of carboxylic acids is 1. The first kappa shape index (κ1) is 24.6. The van der Waals surface area contributed by atoms with Crippen molar-refractivity contribution in [1.82, 2.24) is 0 Å². The van der Waals surface area contributed by atoms with Crippen LogP contribution < -0.4 is 0 Å². The highest BCUT2D eigenvalue weighted by Gasteiger charge is 2.59. The summed E-state index contributed by atoms with van der Waals surface area (Å²) < 4.78 is 5.57. The molecule has 0 spiro atoms. The lowest BCUT2D eigenvalue weighted by molar-refractivity contribution is -0.148. The van der Waals surface area contributed by atoms with Crippen molar-refractivity contribution in [3.05, 3.63) is 11.6 Å². The van der Waals surface area contributed by atoms with E-state index in [1.807, 2.05) is 0 Å². The van der Waals surface area contributed by atoms with Gasteiger partial charge in [-0.15, -0.1) is 12.4 Å². The maximum atomic E-state index is 11.4. The number of carbonyl (C=O) groups is 2. The van der Waals surface area contributed by atoms with Gasteiger partial charge in [-0.3, -0.25) is 9.59 Å². The molecule has 31 heavy (non-hydrogen) atoms. The number of hydrogen-bond donors (Lipinski definition) is 1. The number of ether oxygens (including phenoxy) is 1. The molecule has 0 aromatic rings. The molecule has 0 aromatic heterocycles. The number of fused-ring (bicyclic) bond motifs is 5. The minimum absolute atomic E-state index is 0. The number of halogens is 1. The molecule has 0 heterocycles. The van der Waals surface area contributed by atoms with Crippen molar-refractivity contribution >= 4 is 24.3 Å². The SMILES string of the molecule is CC(=O)OC1CC[C@@]2(C)C(=CC[C@H]3[C@@H]4CC[C@H]([C@H](C)CCC(=O)O)[C@@]4(C)CC[C@@H]32)C1.Cl. The number of carbonyl (C=O) groups excluding carboxylic acids is 1. The first-order chi connectivity index (χ1) is 14.1. The Morgan fingerprint density at radius 2 is 1.90 bits per heavy atom. The van der Waals surface area contributed by atoms with Gasteiger partial charge in [0.1, 0.15) is 6.10 Å². The smallest absolute Gasteiger partial charge is 0.303 e. The van der Waals surface area contributed by atoms with E-state index in [2.05, 4.69) is 26.8 Å². The average Bonchev–Trinajstić information content (AvgIpc) is 3.03. The maximum Gasteiger partial charge on any atom is 0.303 e. The van der Waals surface area contributed by atoms with Crippen LogP contribution in [0.15, 0.2) is 11.6 Å². The number of esters is 1. The van der Waals surface area contributed by atoms with Crippen molar-refractivity contribution in [3.8, 4) is 0 Å². The molecular weight excluding hydrogens is 412 g/mol. The largest absolute Gasteiger partial charge is 0.481 e. The van der Waals surface area contributed by atoms with Gasteiger partial charge in [0.15, 0.2) is 0 Å². The molecular formula is C26H41ClO4. The fourth-order valence-corrected chi connectivity index (χ4v) is 8.49. The fourth-order valence-electron chi connectivity index (χ4n) is 8.49. The molecule has 1 unspecified atom stereocenters. The Kier molecular flexibility index (Phi) is 7.21. The molecule has 4 rings (SSSR count). The molecule has 4 nitrogen and oxygen atoms in total. The second-order valence-electron chi connectivity index (χ2n) is 11.4. The summed E-state index contributed by atoms with van der Waals surface area (Å²) in [5.74, 6) is 2.64. The Bertz CT molecular complexity index is 733. The van der Waals surface area contributed by atoms with Gasteiger partial charge in [0.25, 0.3) is 0 Å². The quantitative estimate of drug-likeness (QED) is 0.386. The first-order valence-corrected chi connectivity index (χ1v) is 12.2. The number of aliphatic carboxylic acids is 1. The molecule has 3 fully saturated rings. The van der Waals surface area contributed by atoms with Crippen LogP contribution in [0.2, 0.25) is 0 Å². The summed E-state index contributed by atoms with van der Waals surface area (Å²) in [5, 5.41) is 9.13. The summed E-state index contributed by atoms with van der Waals surface area (Å²) in [6.07, 6.45) is 13.1. The van der Waals surface area contributed by atoms with Crippen LogP contribution in [0, 0.1) is 40.4 Å². The van der Waals surface area contributed by atoms with Crippen LogP contribution in [0.25, 0.3) is 0 Å². The highest BCUT2D eigenvalue weighted by molar-refractivity contribution is 5.85. The summed E-state index contributed by atoms with van der Waals surface area (Å²) in [4.78, 5) is 22.5. The molecule has 5 heteroatoms. The van der Waals surface area contributed by atoms with Crippen molar-refractivity contribution in [2.75, 3.05) is 0 Å². The van der Waals surface area contributed by atoms with E-state index in [1.165, 1.54) is 39.0 Å². The lowest BCUT2D eigenvalue weighted by Crippen LogP contribution is -2.51. The van der Waals surface area contributed by atoms with Crippen molar-refractivity contribution in [2.45, 2.75) is 98.0 Å². The fraction of sp³-hybridized carbons (Fsp3) is 0.846. The third-order valence-electron chi connectivity index (χ3n) is 9.97. The number of rotatable bonds is 5. The summed E-state index contributed by atoms with van der Waals surface area (Å²) >= 11 is 0. The maximum absolute atomic E-state index is 11.4. The lowest BCUT2D eigenvalue weighted by Gasteiger charge is -2.58. The zero-order valence-corrected chi connectivity index (χ0v) is 20.5.